The molecular weight excluding hydrogens is 176 g/mol. The van der Waals surface area contributed by atoms with Crippen molar-refractivity contribution < 1.29 is 0 Å². The Balaban J connectivity index is 2.92. The summed E-state index contributed by atoms with van der Waals surface area (Å²) in [5.41, 5.74) is 2.11. The van der Waals surface area contributed by atoms with E-state index in [1.54, 1.807) is 11.3 Å². The molecule has 11 heavy (non-hydrogen) atoms. The molecule has 0 radical (unpaired) electrons. The molecule has 0 spiro atoms. The molecule has 0 unspecified atom stereocenters. The maximum atomic E-state index is 4.99. The predicted octanol–water partition coefficient (Wildman–Crippen LogP) is 2.66. The smallest absolute Gasteiger partial charge is 0.159 e. The number of aryl methyl sites for hydroxylation is 1. The van der Waals surface area contributed by atoms with Gasteiger partial charge < -0.3 is 4.98 Å². The molecule has 1 N–H and O–H groups in total. The van der Waals surface area contributed by atoms with Gasteiger partial charge in [-0.15, -0.1) is 11.3 Å². The number of thiazole rings is 1. The fraction of sp³-hybridized carbons (Fsp3) is 0.143. The molecule has 0 saturated carbocycles. The van der Waals surface area contributed by atoms with Crippen LogP contribution < -0.4 is 0 Å². The number of fused-ring (bicyclic) bond motifs is 1. The van der Waals surface area contributed by atoms with Crippen molar-refractivity contribution in [3.8, 4) is 0 Å². The molecule has 0 atom stereocenters. The Morgan fingerprint density at radius 2 is 2.45 bits per heavy atom. The molecule has 0 saturated heterocycles. The van der Waals surface area contributed by atoms with Gasteiger partial charge in [0.1, 0.15) is 0 Å². The fourth-order valence-corrected chi connectivity index (χ4v) is 2.03. The Kier molecular flexibility index (Phi) is 1.51. The highest BCUT2D eigenvalue weighted by Crippen LogP contribution is 2.18. The zero-order valence-electron chi connectivity index (χ0n) is 5.92. The van der Waals surface area contributed by atoms with E-state index < -0.39 is 0 Å². The van der Waals surface area contributed by atoms with E-state index >= 15 is 0 Å². The van der Waals surface area contributed by atoms with Gasteiger partial charge in [0.05, 0.1) is 10.2 Å². The topological polar surface area (TPSA) is 28.7 Å². The molecule has 0 amide bonds. The van der Waals surface area contributed by atoms with Gasteiger partial charge in [0.25, 0.3) is 0 Å². The van der Waals surface area contributed by atoms with Gasteiger partial charge >= 0.3 is 0 Å². The molecule has 2 rings (SSSR count). The molecule has 56 valence electrons. The Hall–Kier alpha value is -0.740. The van der Waals surface area contributed by atoms with Crippen molar-refractivity contribution in [2.75, 3.05) is 0 Å². The van der Waals surface area contributed by atoms with Crippen LogP contribution in [0.5, 0.6) is 0 Å². The summed E-state index contributed by atoms with van der Waals surface area (Å²) in [7, 11) is 0. The number of nitrogens with one attached hydrogen (secondary N) is 1. The van der Waals surface area contributed by atoms with Gasteiger partial charge in [-0.25, -0.2) is 0 Å². The minimum absolute atomic E-state index is 0.812. The van der Waals surface area contributed by atoms with Crippen LogP contribution in [0.3, 0.4) is 0 Å². The standard InChI is InChI=1S/C7H6N2S2/c1-4-2-5-6(3-8-4)11-7(10)9-5/h2-3H,1H3,(H,9,10). The lowest BCUT2D eigenvalue weighted by Gasteiger charge is -1.88. The molecule has 2 aromatic rings. The van der Waals surface area contributed by atoms with Gasteiger partial charge in [-0.3, -0.25) is 4.98 Å². The monoisotopic (exact) mass is 182 g/mol. The first-order valence-corrected chi connectivity index (χ1v) is 4.43. The summed E-state index contributed by atoms with van der Waals surface area (Å²) in [4.78, 5) is 7.26. The number of aromatic amines is 1. The number of pyridine rings is 1. The van der Waals surface area contributed by atoms with Gasteiger partial charge in [-0.1, -0.05) is 0 Å². The van der Waals surface area contributed by atoms with E-state index in [2.05, 4.69) is 9.97 Å². The number of H-pyrrole nitrogens is 1. The van der Waals surface area contributed by atoms with Crippen molar-refractivity contribution in [3.05, 3.63) is 21.9 Å². The third-order valence-corrected chi connectivity index (χ3v) is 2.63. The molecule has 2 nitrogen and oxygen atoms in total. The van der Waals surface area contributed by atoms with Gasteiger partial charge in [0.15, 0.2) is 3.95 Å². The lowest BCUT2D eigenvalue weighted by molar-refractivity contribution is 1.22. The van der Waals surface area contributed by atoms with Crippen LogP contribution in [-0.4, -0.2) is 9.97 Å². The van der Waals surface area contributed by atoms with Gasteiger partial charge in [-0.2, -0.15) is 0 Å². The summed E-state index contributed by atoms with van der Waals surface area (Å²) in [6.07, 6.45) is 1.85. The van der Waals surface area contributed by atoms with E-state index in [9.17, 15) is 0 Å². The number of rotatable bonds is 0. The zero-order valence-corrected chi connectivity index (χ0v) is 7.55. The first-order valence-electron chi connectivity index (χ1n) is 3.21. The molecule has 4 heteroatoms. The third kappa shape index (κ3) is 1.19. The van der Waals surface area contributed by atoms with Crippen LogP contribution in [0.15, 0.2) is 12.3 Å². The second kappa shape index (κ2) is 2.39. The lowest BCUT2D eigenvalue weighted by atomic mass is 10.4. The molecule has 0 bridgehead atoms. The van der Waals surface area contributed by atoms with Crippen LogP contribution in [-0.2, 0) is 0 Å². The molecule has 0 aromatic carbocycles. The average molecular weight is 182 g/mol. The van der Waals surface area contributed by atoms with Crippen molar-refractivity contribution in [1.82, 2.24) is 9.97 Å². The number of hydrogen-bond donors (Lipinski definition) is 1. The summed E-state index contributed by atoms with van der Waals surface area (Å²) >= 11 is 6.55. The van der Waals surface area contributed by atoms with E-state index in [1.165, 1.54) is 0 Å². The van der Waals surface area contributed by atoms with Crippen LogP contribution in [0.2, 0.25) is 0 Å². The van der Waals surface area contributed by atoms with Crippen LogP contribution in [0, 0.1) is 10.9 Å². The minimum Gasteiger partial charge on any atom is -0.337 e. The van der Waals surface area contributed by atoms with Crippen molar-refractivity contribution in [3.63, 3.8) is 0 Å². The molecule has 2 aromatic heterocycles. The Morgan fingerprint density at radius 1 is 1.64 bits per heavy atom. The summed E-state index contributed by atoms with van der Waals surface area (Å²) in [5, 5.41) is 0. The van der Waals surface area contributed by atoms with Crippen molar-refractivity contribution in [2.24, 2.45) is 0 Å². The lowest BCUT2D eigenvalue weighted by Crippen LogP contribution is -1.77. The number of aromatic nitrogens is 2. The molecule has 0 aliphatic carbocycles. The van der Waals surface area contributed by atoms with Gasteiger partial charge in [0, 0.05) is 11.9 Å². The minimum atomic E-state index is 0.812. The highest BCUT2D eigenvalue weighted by molar-refractivity contribution is 7.73. The van der Waals surface area contributed by atoms with Crippen molar-refractivity contribution in [1.29, 1.82) is 0 Å². The Morgan fingerprint density at radius 3 is 3.27 bits per heavy atom. The molecule has 0 fully saturated rings. The van der Waals surface area contributed by atoms with E-state index in [4.69, 9.17) is 12.2 Å². The van der Waals surface area contributed by atoms with Crippen LogP contribution >= 0.6 is 23.6 Å². The second-order valence-electron chi connectivity index (χ2n) is 2.34. The van der Waals surface area contributed by atoms with Crippen molar-refractivity contribution >= 4 is 33.8 Å². The summed E-state index contributed by atoms with van der Waals surface area (Å²) in [6.45, 7) is 1.97. The molecular formula is C7H6N2S2. The highest BCUT2D eigenvalue weighted by Gasteiger charge is 1.95. The molecule has 0 aliphatic heterocycles. The summed E-state index contributed by atoms with van der Waals surface area (Å²) < 4.78 is 1.94. The molecule has 0 aliphatic rings. The first kappa shape index (κ1) is 6.94. The fourth-order valence-electron chi connectivity index (χ4n) is 0.962. The largest absolute Gasteiger partial charge is 0.337 e. The number of hydrogen-bond acceptors (Lipinski definition) is 3. The van der Waals surface area contributed by atoms with Crippen LogP contribution in [0.4, 0.5) is 0 Å². The van der Waals surface area contributed by atoms with E-state index in [0.29, 0.717) is 0 Å². The molecule has 2 heterocycles. The van der Waals surface area contributed by atoms with Gasteiger partial charge in [-0.05, 0) is 25.2 Å². The first-order chi connectivity index (χ1) is 5.25. The van der Waals surface area contributed by atoms with E-state index in [0.717, 1.165) is 19.9 Å². The maximum Gasteiger partial charge on any atom is 0.159 e. The van der Waals surface area contributed by atoms with E-state index in [-0.39, 0.29) is 0 Å². The van der Waals surface area contributed by atoms with Crippen LogP contribution in [0.25, 0.3) is 10.2 Å². The SMILES string of the molecule is Cc1cc2[nH]c(=S)sc2cn1. The van der Waals surface area contributed by atoms with Crippen LogP contribution in [0.1, 0.15) is 5.69 Å². The Labute approximate surface area is 72.9 Å². The normalized spacial score (nSPS) is 10.6. The van der Waals surface area contributed by atoms with Gasteiger partial charge in [0.2, 0.25) is 0 Å². The highest BCUT2D eigenvalue weighted by atomic mass is 32.1. The number of nitrogens with zero attached hydrogens (tertiary/aromatic N) is 1. The summed E-state index contributed by atoms with van der Waals surface area (Å²) in [5.74, 6) is 0. The van der Waals surface area contributed by atoms with E-state index in [1.807, 2.05) is 19.2 Å². The summed E-state index contributed by atoms with van der Waals surface area (Å²) in [6, 6.07) is 2.00. The predicted molar refractivity (Wildman–Crippen MR) is 49.5 cm³/mol. The second-order valence-corrected chi connectivity index (χ2v) is 4.06. The average Bonchev–Trinajstić information content (AvgIpc) is 2.27. The zero-order chi connectivity index (χ0) is 7.84. The maximum absolute atomic E-state index is 4.99. The quantitative estimate of drug-likeness (QED) is 0.634. The van der Waals surface area contributed by atoms with Crippen molar-refractivity contribution in [2.45, 2.75) is 6.92 Å². The Bertz CT molecular complexity index is 441. The third-order valence-electron chi connectivity index (χ3n) is 1.44.